The van der Waals surface area contributed by atoms with E-state index in [1.165, 1.54) is 0 Å². The Morgan fingerprint density at radius 3 is 2.69 bits per heavy atom. The maximum absolute atomic E-state index is 5.97. The topological polar surface area (TPSA) is 12.5 Å². The molecule has 76 valence electrons. The number of hydrogen-bond donors (Lipinski definition) is 0. The molecule has 0 bridgehead atoms. The minimum atomic E-state index is -0.437. The molecule has 2 atom stereocenters. The Balaban J connectivity index is 1.75. The van der Waals surface area contributed by atoms with Gasteiger partial charge < -0.3 is 9.64 Å². The van der Waals surface area contributed by atoms with E-state index in [4.69, 9.17) is 27.9 Å². The Bertz CT molecular complexity index is 192. The van der Waals surface area contributed by atoms with Crippen LogP contribution >= 0.6 is 23.2 Å². The maximum Gasteiger partial charge on any atom is 0.122 e. The minimum absolute atomic E-state index is 0.437. The van der Waals surface area contributed by atoms with Gasteiger partial charge in [-0.15, -0.1) is 23.2 Å². The molecule has 1 aliphatic carbocycles. The van der Waals surface area contributed by atoms with Crippen LogP contribution < -0.4 is 0 Å². The van der Waals surface area contributed by atoms with Crippen LogP contribution in [0.2, 0.25) is 0 Å². The van der Waals surface area contributed by atoms with Gasteiger partial charge in [-0.1, -0.05) is 0 Å². The highest BCUT2D eigenvalue weighted by atomic mass is 35.5. The lowest BCUT2D eigenvalue weighted by atomic mass is 10.2. The van der Waals surface area contributed by atoms with E-state index in [9.17, 15) is 0 Å². The summed E-state index contributed by atoms with van der Waals surface area (Å²) in [4.78, 5) is 2.32. The maximum atomic E-state index is 5.97. The van der Waals surface area contributed by atoms with Gasteiger partial charge in [-0.25, -0.2) is 0 Å². The molecule has 0 aromatic heterocycles. The molecular weight excluding hydrogens is 209 g/mol. The highest BCUT2D eigenvalue weighted by Crippen LogP contribution is 2.53. The molecule has 0 amide bonds. The van der Waals surface area contributed by atoms with E-state index in [1.807, 2.05) is 0 Å². The SMILES string of the molecule is CN(CC1CC1(Cl)Cl)C1CCOC1. The molecule has 2 rings (SSSR count). The zero-order valence-corrected chi connectivity index (χ0v) is 9.31. The van der Waals surface area contributed by atoms with Crippen LogP contribution in [0.1, 0.15) is 12.8 Å². The molecule has 2 unspecified atom stereocenters. The largest absolute Gasteiger partial charge is 0.380 e. The molecule has 0 spiro atoms. The number of nitrogens with zero attached hydrogens (tertiary/aromatic N) is 1. The first-order chi connectivity index (χ1) is 6.09. The molecule has 1 aliphatic heterocycles. The van der Waals surface area contributed by atoms with Crippen molar-refractivity contribution in [2.45, 2.75) is 23.2 Å². The van der Waals surface area contributed by atoms with Gasteiger partial charge in [-0.05, 0) is 19.9 Å². The highest BCUT2D eigenvalue weighted by Gasteiger charge is 2.52. The molecule has 0 radical (unpaired) electrons. The van der Waals surface area contributed by atoms with E-state index >= 15 is 0 Å². The van der Waals surface area contributed by atoms with Crippen molar-refractivity contribution in [3.63, 3.8) is 0 Å². The Labute approximate surface area is 89.1 Å². The third-order valence-corrected chi connectivity index (χ3v) is 3.92. The van der Waals surface area contributed by atoms with Crippen LogP contribution in [0.25, 0.3) is 0 Å². The van der Waals surface area contributed by atoms with Crippen LogP contribution in [-0.4, -0.2) is 42.1 Å². The lowest BCUT2D eigenvalue weighted by molar-refractivity contribution is 0.157. The molecule has 1 saturated heterocycles. The van der Waals surface area contributed by atoms with Crippen LogP contribution in [0.5, 0.6) is 0 Å². The molecule has 0 aromatic rings. The second-order valence-electron chi connectivity index (χ2n) is 4.12. The highest BCUT2D eigenvalue weighted by molar-refractivity contribution is 6.50. The average Bonchev–Trinajstić information content (AvgIpc) is 2.58. The predicted octanol–water partition coefficient (Wildman–Crippen LogP) is 1.90. The molecule has 0 N–H and O–H groups in total. The predicted molar refractivity (Wildman–Crippen MR) is 54.4 cm³/mol. The third-order valence-electron chi connectivity index (χ3n) is 2.99. The second-order valence-corrected chi connectivity index (χ2v) is 5.66. The van der Waals surface area contributed by atoms with Gasteiger partial charge in [-0.3, -0.25) is 0 Å². The van der Waals surface area contributed by atoms with E-state index in [1.54, 1.807) is 0 Å². The summed E-state index contributed by atoms with van der Waals surface area (Å²) in [6, 6.07) is 0.574. The fourth-order valence-electron chi connectivity index (χ4n) is 1.83. The van der Waals surface area contributed by atoms with Crippen LogP contribution in [0.15, 0.2) is 0 Å². The van der Waals surface area contributed by atoms with Crippen molar-refractivity contribution in [3.05, 3.63) is 0 Å². The summed E-state index contributed by atoms with van der Waals surface area (Å²) in [5.41, 5.74) is 0. The fourth-order valence-corrected chi connectivity index (χ4v) is 2.34. The van der Waals surface area contributed by atoms with Gasteiger partial charge in [0.05, 0.1) is 6.61 Å². The summed E-state index contributed by atoms with van der Waals surface area (Å²) < 4.78 is 4.89. The summed E-state index contributed by atoms with van der Waals surface area (Å²) in [5.74, 6) is 0.460. The first-order valence-corrected chi connectivity index (χ1v) is 5.51. The van der Waals surface area contributed by atoms with E-state index in [0.717, 1.165) is 32.6 Å². The number of alkyl halides is 2. The van der Waals surface area contributed by atoms with E-state index in [-0.39, 0.29) is 0 Å². The Kier molecular flexibility index (Phi) is 2.76. The van der Waals surface area contributed by atoms with Gasteiger partial charge in [0.2, 0.25) is 0 Å². The standard InChI is InChI=1S/C9H15Cl2NO/c1-12(8-2-3-13-6-8)5-7-4-9(7,10)11/h7-8H,2-6H2,1H3. The van der Waals surface area contributed by atoms with E-state index in [0.29, 0.717) is 12.0 Å². The quantitative estimate of drug-likeness (QED) is 0.679. The van der Waals surface area contributed by atoms with Gasteiger partial charge in [0.1, 0.15) is 4.33 Å². The molecular formula is C9H15Cl2NO. The first-order valence-electron chi connectivity index (χ1n) is 4.75. The molecule has 1 saturated carbocycles. The summed E-state index contributed by atoms with van der Waals surface area (Å²) in [5, 5.41) is 0. The summed E-state index contributed by atoms with van der Waals surface area (Å²) in [7, 11) is 2.13. The van der Waals surface area contributed by atoms with Crippen LogP contribution in [0.3, 0.4) is 0 Å². The van der Waals surface area contributed by atoms with Crippen molar-refractivity contribution in [2.24, 2.45) is 5.92 Å². The number of halogens is 2. The third kappa shape index (κ3) is 2.30. The molecule has 13 heavy (non-hydrogen) atoms. The Morgan fingerprint density at radius 1 is 1.54 bits per heavy atom. The van der Waals surface area contributed by atoms with Crippen molar-refractivity contribution in [1.29, 1.82) is 0 Å². The van der Waals surface area contributed by atoms with Crippen molar-refractivity contribution >= 4 is 23.2 Å². The van der Waals surface area contributed by atoms with Crippen LogP contribution in [-0.2, 0) is 4.74 Å². The van der Waals surface area contributed by atoms with E-state index in [2.05, 4.69) is 11.9 Å². The summed E-state index contributed by atoms with van der Waals surface area (Å²) in [6.45, 7) is 2.76. The Hall–Kier alpha value is 0.500. The molecule has 0 aromatic carbocycles. The number of hydrogen-bond acceptors (Lipinski definition) is 2. The van der Waals surface area contributed by atoms with Crippen LogP contribution in [0, 0.1) is 5.92 Å². The van der Waals surface area contributed by atoms with Crippen molar-refractivity contribution < 1.29 is 4.74 Å². The van der Waals surface area contributed by atoms with Crippen LogP contribution in [0.4, 0.5) is 0 Å². The van der Waals surface area contributed by atoms with E-state index < -0.39 is 4.33 Å². The summed E-state index contributed by atoms with van der Waals surface area (Å²) in [6.07, 6.45) is 2.08. The number of rotatable bonds is 3. The minimum Gasteiger partial charge on any atom is -0.380 e. The van der Waals surface area contributed by atoms with Gasteiger partial charge in [0.25, 0.3) is 0 Å². The molecule has 2 aliphatic rings. The van der Waals surface area contributed by atoms with Gasteiger partial charge in [-0.2, -0.15) is 0 Å². The van der Waals surface area contributed by atoms with Crippen molar-refractivity contribution in [1.82, 2.24) is 4.90 Å². The van der Waals surface area contributed by atoms with Crippen molar-refractivity contribution in [3.8, 4) is 0 Å². The fraction of sp³-hybridized carbons (Fsp3) is 1.00. The van der Waals surface area contributed by atoms with Crippen molar-refractivity contribution in [2.75, 3.05) is 26.8 Å². The molecule has 4 heteroatoms. The second kappa shape index (κ2) is 3.58. The molecule has 2 nitrogen and oxygen atoms in total. The number of likely N-dealkylation sites (N-methyl/N-ethyl adjacent to an activating group) is 1. The molecule has 1 heterocycles. The molecule has 2 fully saturated rings. The van der Waals surface area contributed by atoms with Gasteiger partial charge in [0, 0.05) is 25.1 Å². The lowest BCUT2D eigenvalue weighted by Gasteiger charge is -2.22. The number of ether oxygens (including phenoxy) is 1. The summed E-state index contributed by atoms with van der Waals surface area (Å²) >= 11 is 11.9. The normalized spacial score (nSPS) is 36.9. The van der Waals surface area contributed by atoms with Gasteiger partial charge in [0.15, 0.2) is 0 Å². The Morgan fingerprint density at radius 2 is 2.23 bits per heavy atom. The zero-order valence-electron chi connectivity index (χ0n) is 7.80. The smallest absolute Gasteiger partial charge is 0.122 e. The average molecular weight is 224 g/mol. The van der Waals surface area contributed by atoms with Gasteiger partial charge >= 0.3 is 0 Å². The lowest BCUT2D eigenvalue weighted by Crippen LogP contribution is -2.34. The first kappa shape index (κ1) is 10.0. The zero-order chi connectivity index (χ0) is 9.47. The monoisotopic (exact) mass is 223 g/mol.